The molecular formula is C13H18BrNO2. The molecule has 1 N–H and O–H groups in total. The smallest absolute Gasteiger partial charge is 0.305 e. The molecule has 3 nitrogen and oxygen atoms in total. The average Bonchev–Trinajstić information content (AvgIpc) is 2.30. The first-order valence-electron chi connectivity index (χ1n) is 5.66. The average molecular weight is 300 g/mol. The minimum atomic E-state index is -0.150. The van der Waals surface area contributed by atoms with Crippen LogP contribution in [0.25, 0.3) is 0 Å². The third kappa shape index (κ3) is 5.33. The van der Waals surface area contributed by atoms with Gasteiger partial charge in [-0.2, -0.15) is 0 Å². The maximum atomic E-state index is 10.9. The van der Waals surface area contributed by atoms with Crippen LogP contribution in [-0.2, 0) is 16.1 Å². The highest BCUT2D eigenvalue weighted by atomic mass is 79.9. The quantitative estimate of drug-likeness (QED) is 0.648. The summed E-state index contributed by atoms with van der Waals surface area (Å²) in [5, 5.41) is 3.30. The monoisotopic (exact) mass is 299 g/mol. The van der Waals surface area contributed by atoms with Crippen molar-refractivity contribution in [3.05, 3.63) is 33.8 Å². The highest BCUT2D eigenvalue weighted by molar-refractivity contribution is 9.10. The number of carbonyl (C=O) groups excluding carboxylic acids is 1. The van der Waals surface area contributed by atoms with Gasteiger partial charge in [0.2, 0.25) is 0 Å². The fraction of sp³-hybridized carbons (Fsp3) is 0.462. The van der Waals surface area contributed by atoms with Crippen molar-refractivity contribution < 1.29 is 9.53 Å². The Bertz CT molecular complexity index is 380. The van der Waals surface area contributed by atoms with Crippen molar-refractivity contribution in [2.75, 3.05) is 13.7 Å². The lowest BCUT2D eigenvalue weighted by atomic mass is 10.1. The van der Waals surface area contributed by atoms with Crippen molar-refractivity contribution in [3.8, 4) is 0 Å². The van der Waals surface area contributed by atoms with E-state index in [9.17, 15) is 4.79 Å². The van der Waals surface area contributed by atoms with Crippen molar-refractivity contribution in [3.63, 3.8) is 0 Å². The maximum absolute atomic E-state index is 10.9. The van der Waals surface area contributed by atoms with E-state index in [4.69, 9.17) is 0 Å². The fourth-order valence-corrected chi connectivity index (χ4v) is 2.11. The van der Waals surface area contributed by atoms with Crippen molar-refractivity contribution >= 4 is 21.9 Å². The van der Waals surface area contributed by atoms with E-state index in [1.54, 1.807) is 0 Å². The standard InChI is InChI=1S/C13H18BrNO2/c1-10-5-6-11(12(14)8-10)9-15-7-3-4-13(16)17-2/h5-6,8,15H,3-4,7,9H2,1-2H3. The van der Waals surface area contributed by atoms with Gasteiger partial charge in [-0.05, 0) is 37.1 Å². The molecule has 0 radical (unpaired) electrons. The molecule has 0 aliphatic carbocycles. The number of halogens is 1. The molecule has 17 heavy (non-hydrogen) atoms. The zero-order valence-electron chi connectivity index (χ0n) is 10.3. The number of rotatable bonds is 6. The number of ether oxygens (including phenoxy) is 1. The van der Waals surface area contributed by atoms with Gasteiger partial charge in [0.1, 0.15) is 0 Å². The predicted octanol–water partition coefficient (Wildman–Crippen LogP) is 2.80. The lowest BCUT2D eigenvalue weighted by Gasteiger charge is -2.07. The van der Waals surface area contributed by atoms with Crippen LogP contribution in [0.3, 0.4) is 0 Å². The van der Waals surface area contributed by atoms with Crippen molar-refractivity contribution in [2.24, 2.45) is 0 Å². The van der Waals surface area contributed by atoms with Crippen molar-refractivity contribution in [1.82, 2.24) is 5.32 Å². The topological polar surface area (TPSA) is 38.3 Å². The summed E-state index contributed by atoms with van der Waals surface area (Å²) in [6.07, 6.45) is 1.27. The van der Waals surface area contributed by atoms with Gasteiger partial charge in [0.15, 0.2) is 0 Å². The molecule has 0 heterocycles. The second-order valence-electron chi connectivity index (χ2n) is 3.95. The SMILES string of the molecule is COC(=O)CCCNCc1ccc(C)cc1Br. The molecule has 0 aliphatic heterocycles. The molecule has 0 spiro atoms. The van der Waals surface area contributed by atoms with Crippen LogP contribution in [0.15, 0.2) is 22.7 Å². The summed E-state index contributed by atoms with van der Waals surface area (Å²) in [4.78, 5) is 10.9. The Labute approximate surface area is 111 Å². The van der Waals surface area contributed by atoms with Gasteiger partial charge in [-0.25, -0.2) is 0 Å². The van der Waals surface area contributed by atoms with Gasteiger partial charge < -0.3 is 10.1 Å². The van der Waals surface area contributed by atoms with E-state index in [0.29, 0.717) is 6.42 Å². The van der Waals surface area contributed by atoms with E-state index in [0.717, 1.165) is 24.0 Å². The van der Waals surface area contributed by atoms with Crippen LogP contribution < -0.4 is 5.32 Å². The Morgan fingerprint density at radius 1 is 1.47 bits per heavy atom. The zero-order chi connectivity index (χ0) is 12.7. The normalized spacial score (nSPS) is 10.3. The first-order chi connectivity index (χ1) is 8.13. The minimum Gasteiger partial charge on any atom is -0.469 e. The van der Waals surface area contributed by atoms with Crippen molar-refractivity contribution in [2.45, 2.75) is 26.3 Å². The summed E-state index contributed by atoms with van der Waals surface area (Å²) in [6.45, 7) is 3.69. The predicted molar refractivity (Wildman–Crippen MR) is 71.8 cm³/mol. The molecule has 0 aromatic heterocycles. The molecule has 0 amide bonds. The number of esters is 1. The summed E-state index contributed by atoms with van der Waals surface area (Å²) >= 11 is 3.54. The molecule has 94 valence electrons. The third-order valence-electron chi connectivity index (χ3n) is 2.49. The Morgan fingerprint density at radius 3 is 2.88 bits per heavy atom. The van der Waals surface area contributed by atoms with Gasteiger partial charge in [0, 0.05) is 17.4 Å². The molecular weight excluding hydrogens is 282 g/mol. The lowest BCUT2D eigenvalue weighted by molar-refractivity contribution is -0.140. The van der Waals surface area contributed by atoms with E-state index < -0.39 is 0 Å². The number of hydrogen-bond donors (Lipinski definition) is 1. The zero-order valence-corrected chi connectivity index (χ0v) is 11.8. The van der Waals surface area contributed by atoms with Crippen LogP contribution in [0.2, 0.25) is 0 Å². The number of carbonyl (C=O) groups is 1. The molecule has 1 aromatic rings. The largest absolute Gasteiger partial charge is 0.469 e. The van der Waals surface area contributed by atoms with Crippen LogP contribution in [-0.4, -0.2) is 19.6 Å². The van der Waals surface area contributed by atoms with Crippen molar-refractivity contribution in [1.29, 1.82) is 0 Å². The summed E-state index contributed by atoms with van der Waals surface area (Å²) < 4.78 is 5.70. The molecule has 0 bridgehead atoms. The van der Waals surface area contributed by atoms with Gasteiger partial charge in [-0.1, -0.05) is 28.1 Å². The molecule has 0 unspecified atom stereocenters. The highest BCUT2D eigenvalue weighted by Gasteiger charge is 2.01. The second kappa shape index (κ2) is 7.45. The Balaban J connectivity index is 2.24. The Hall–Kier alpha value is -0.870. The lowest BCUT2D eigenvalue weighted by Crippen LogP contribution is -2.16. The number of nitrogens with one attached hydrogen (secondary N) is 1. The van der Waals surface area contributed by atoms with Crippen LogP contribution in [0.4, 0.5) is 0 Å². The Kier molecular flexibility index (Phi) is 6.22. The first kappa shape index (κ1) is 14.2. The van der Waals surface area contributed by atoms with Gasteiger partial charge in [-0.3, -0.25) is 4.79 Å². The van der Waals surface area contributed by atoms with Crippen LogP contribution in [0.1, 0.15) is 24.0 Å². The third-order valence-corrected chi connectivity index (χ3v) is 3.22. The first-order valence-corrected chi connectivity index (χ1v) is 6.45. The van der Waals surface area contributed by atoms with Gasteiger partial charge in [-0.15, -0.1) is 0 Å². The number of benzene rings is 1. The minimum absolute atomic E-state index is 0.150. The van der Waals surface area contributed by atoms with E-state index in [-0.39, 0.29) is 5.97 Å². The molecule has 0 saturated heterocycles. The van der Waals surface area contributed by atoms with E-state index in [1.165, 1.54) is 18.2 Å². The second-order valence-corrected chi connectivity index (χ2v) is 4.81. The molecule has 1 aromatic carbocycles. The highest BCUT2D eigenvalue weighted by Crippen LogP contribution is 2.17. The van der Waals surface area contributed by atoms with E-state index in [1.807, 2.05) is 0 Å². The van der Waals surface area contributed by atoms with Gasteiger partial charge in [0.25, 0.3) is 0 Å². The molecule has 1 rings (SSSR count). The van der Waals surface area contributed by atoms with Crippen LogP contribution >= 0.6 is 15.9 Å². The van der Waals surface area contributed by atoms with Gasteiger partial charge in [0.05, 0.1) is 7.11 Å². The summed E-state index contributed by atoms with van der Waals surface area (Å²) in [5.41, 5.74) is 2.47. The summed E-state index contributed by atoms with van der Waals surface area (Å²) in [5.74, 6) is -0.150. The molecule has 0 fully saturated rings. The van der Waals surface area contributed by atoms with Gasteiger partial charge >= 0.3 is 5.97 Å². The van der Waals surface area contributed by atoms with Crippen LogP contribution in [0, 0.1) is 6.92 Å². The number of methoxy groups -OCH3 is 1. The number of hydrogen-bond acceptors (Lipinski definition) is 3. The van der Waals surface area contributed by atoms with E-state index >= 15 is 0 Å². The molecule has 0 aliphatic rings. The molecule has 0 saturated carbocycles. The van der Waals surface area contributed by atoms with E-state index in [2.05, 4.69) is 51.1 Å². The fourth-order valence-electron chi connectivity index (χ4n) is 1.48. The van der Waals surface area contributed by atoms with Crippen LogP contribution in [0.5, 0.6) is 0 Å². The molecule has 0 atom stereocenters. The molecule has 4 heteroatoms. The number of aryl methyl sites for hydroxylation is 1. The maximum Gasteiger partial charge on any atom is 0.305 e. The summed E-state index contributed by atoms with van der Waals surface area (Å²) in [7, 11) is 1.42. The Morgan fingerprint density at radius 2 is 2.24 bits per heavy atom. The summed E-state index contributed by atoms with van der Waals surface area (Å²) in [6, 6.07) is 6.30.